The number of aliphatic hydroxyl groups is 2. The Labute approximate surface area is 715 Å². The van der Waals surface area contributed by atoms with Crippen LogP contribution in [0.2, 0.25) is 0 Å². The smallest absolute Gasteiger partial charge is 0.253 e. The van der Waals surface area contributed by atoms with E-state index in [1.165, 1.54) is 130 Å². The summed E-state index contributed by atoms with van der Waals surface area (Å²) in [6.45, 7) is 13.0. The zero-order valence-corrected chi connectivity index (χ0v) is 71.8. The Morgan fingerprint density at radius 1 is 0.314 bits per heavy atom. The number of unbranched alkanes of at least 4 members (excludes halogenated alkanes) is 12. The topological polar surface area (TPSA) is 141 Å². The van der Waals surface area contributed by atoms with Crippen molar-refractivity contribution >= 4 is 96.5 Å². The molecular formula is C107H114IrN4O6-2. The number of amides is 4. The molecule has 2 aromatic heterocycles. The number of carbonyl (C=O) groups excluding carboxylic acids is 4. The van der Waals surface area contributed by atoms with Crippen LogP contribution in [0.25, 0.3) is 95.4 Å². The number of rotatable bonds is 36. The van der Waals surface area contributed by atoms with Gasteiger partial charge in [0.1, 0.15) is 0 Å². The van der Waals surface area contributed by atoms with E-state index in [2.05, 4.69) is 253 Å². The molecule has 0 aliphatic carbocycles. The van der Waals surface area contributed by atoms with E-state index in [0.717, 1.165) is 107 Å². The van der Waals surface area contributed by atoms with Gasteiger partial charge in [-0.25, -0.2) is 0 Å². The van der Waals surface area contributed by atoms with Crippen LogP contribution in [0.3, 0.4) is 0 Å². The van der Waals surface area contributed by atoms with Gasteiger partial charge < -0.3 is 20.2 Å². The molecule has 0 saturated carbocycles. The number of carbonyl (C=O) groups is 4. The summed E-state index contributed by atoms with van der Waals surface area (Å²) in [5.41, 5.74) is 20.2. The van der Waals surface area contributed by atoms with E-state index in [1.54, 1.807) is 0 Å². The van der Waals surface area contributed by atoms with Gasteiger partial charge in [-0.2, -0.15) is 0 Å². The molecule has 4 heterocycles. The number of aryl methyl sites for hydroxylation is 2. The van der Waals surface area contributed by atoms with Gasteiger partial charge in [0.2, 0.25) is 0 Å². The van der Waals surface area contributed by atoms with Crippen molar-refractivity contribution in [1.82, 2.24) is 19.8 Å². The van der Waals surface area contributed by atoms with Crippen molar-refractivity contribution in [1.29, 1.82) is 0 Å². The minimum Gasteiger partial charge on any atom is -0.392 e. The van der Waals surface area contributed by atoms with Crippen LogP contribution in [0.5, 0.6) is 0 Å². The van der Waals surface area contributed by atoms with Crippen molar-refractivity contribution in [2.45, 2.75) is 163 Å². The van der Waals surface area contributed by atoms with Crippen LogP contribution >= 0.6 is 0 Å². The summed E-state index contributed by atoms with van der Waals surface area (Å²) in [6, 6.07) is 82.7. The van der Waals surface area contributed by atoms with Gasteiger partial charge in [0.25, 0.3) is 23.6 Å². The van der Waals surface area contributed by atoms with Gasteiger partial charge in [0.15, 0.2) is 0 Å². The van der Waals surface area contributed by atoms with Crippen molar-refractivity contribution in [2.24, 2.45) is 10.8 Å². The Kier molecular flexibility index (Phi) is 36.8. The van der Waals surface area contributed by atoms with Crippen LogP contribution in [0.4, 0.5) is 0 Å². The SMILES string of the molecule is CC(C)(C)C(O)CC(O)C(C)(C)C.O=C1C=CC(=O)N1CCCCCCCCCc1ccc(/C=C/c2ccc(/C=C/c3ccc(/C=C/c4ccnc(-c5[c-]cccc5)c4)cc3)cc2)cc1.O=C1C=CC(=O)N1CCCCCCCCCc1ccc(/C=C/c2ccc(/C=C/c3ccc(/C=C/c4ccnc(-c5[c-]cccc5)c4)cc3)cc2)cc1.[Ir]. The number of hydrogen-bond acceptors (Lipinski definition) is 8. The van der Waals surface area contributed by atoms with E-state index in [9.17, 15) is 29.4 Å². The summed E-state index contributed by atoms with van der Waals surface area (Å²) in [6.07, 6.45) is 52.6. The summed E-state index contributed by atoms with van der Waals surface area (Å²) in [7, 11) is 0. The van der Waals surface area contributed by atoms with Crippen LogP contribution in [-0.2, 0) is 52.1 Å². The van der Waals surface area contributed by atoms with Gasteiger partial charge in [-0.1, -0.05) is 336 Å². The minimum absolute atomic E-state index is 0. The second kappa shape index (κ2) is 47.9. The van der Waals surface area contributed by atoms with E-state index >= 15 is 0 Å². The number of nitrogens with zero attached hydrogens (tertiary/aromatic N) is 4. The number of aromatic nitrogens is 2. The van der Waals surface area contributed by atoms with Crippen molar-refractivity contribution < 1.29 is 49.5 Å². The third-order valence-corrected chi connectivity index (χ3v) is 21.0. The normalized spacial score (nSPS) is 13.5. The molecule has 10 aromatic rings. The third-order valence-electron chi connectivity index (χ3n) is 21.0. The maximum Gasteiger partial charge on any atom is 0.253 e. The fraction of sp³-hybridized carbons (Fsp3) is 0.271. The van der Waals surface area contributed by atoms with Crippen molar-refractivity contribution in [3.05, 3.63) is 345 Å². The summed E-state index contributed by atoms with van der Waals surface area (Å²) < 4.78 is 0. The summed E-state index contributed by atoms with van der Waals surface area (Å²) in [4.78, 5) is 58.0. The quantitative estimate of drug-likeness (QED) is 0.0171. The Morgan fingerprint density at radius 2 is 0.551 bits per heavy atom. The Balaban J connectivity index is 0.000000232. The predicted molar refractivity (Wildman–Crippen MR) is 489 cm³/mol. The first-order chi connectivity index (χ1) is 56.7. The molecule has 118 heavy (non-hydrogen) atoms. The first kappa shape index (κ1) is 90.7. The van der Waals surface area contributed by atoms with E-state index in [-0.39, 0.29) is 54.6 Å². The summed E-state index contributed by atoms with van der Waals surface area (Å²) in [5.74, 6) is -0.696. The van der Waals surface area contributed by atoms with E-state index in [0.29, 0.717) is 19.5 Å². The zero-order chi connectivity index (χ0) is 82.5. The largest absolute Gasteiger partial charge is 0.392 e. The molecule has 10 nitrogen and oxygen atoms in total. The van der Waals surface area contributed by atoms with Crippen molar-refractivity contribution in [2.75, 3.05) is 13.1 Å². The van der Waals surface area contributed by atoms with Crippen LogP contribution in [-0.4, -0.2) is 78.9 Å². The molecule has 0 spiro atoms. The Morgan fingerprint density at radius 3 is 0.797 bits per heavy atom. The first-order valence-electron chi connectivity index (χ1n) is 41.7. The molecule has 11 heteroatoms. The van der Waals surface area contributed by atoms with Crippen molar-refractivity contribution in [3.63, 3.8) is 0 Å². The van der Waals surface area contributed by atoms with Crippen LogP contribution in [0.15, 0.2) is 255 Å². The maximum absolute atomic E-state index is 11.6. The van der Waals surface area contributed by atoms with Crippen LogP contribution in [0.1, 0.15) is 216 Å². The van der Waals surface area contributed by atoms with Gasteiger partial charge in [-0.3, -0.25) is 29.0 Å². The monoisotopic (exact) mass is 1740 g/mol. The molecule has 2 N–H and O–H groups in total. The number of hydrogen-bond donors (Lipinski definition) is 2. The first-order valence-corrected chi connectivity index (χ1v) is 41.7. The number of imide groups is 2. The molecule has 2 unspecified atom stereocenters. The van der Waals surface area contributed by atoms with Crippen molar-refractivity contribution in [3.8, 4) is 22.5 Å². The van der Waals surface area contributed by atoms with Crippen LogP contribution in [0, 0.1) is 23.0 Å². The average molecular weight is 1740 g/mol. The third kappa shape index (κ3) is 31.7. The maximum atomic E-state index is 11.6. The number of aliphatic hydroxyl groups excluding tert-OH is 2. The van der Waals surface area contributed by atoms with E-state index < -0.39 is 12.2 Å². The molecule has 0 fully saturated rings. The fourth-order valence-corrected chi connectivity index (χ4v) is 13.3. The van der Waals surface area contributed by atoms with Gasteiger partial charge in [-0.05, 0) is 151 Å². The number of benzene rings is 8. The molecule has 2 aliphatic heterocycles. The fourth-order valence-electron chi connectivity index (χ4n) is 13.3. The van der Waals surface area contributed by atoms with Crippen LogP contribution < -0.4 is 0 Å². The minimum atomic E-state index is -0.443. The molecule has 4 amide bonds. The standard InChI is InChI=1S/2C48H45N2O2.C11H24O2.Ir/c2*51-47-32-33-48(52)50(47)36-10-5-3-1-2-4-7-11-38-14-16-39(17-15-38)18-19-40-20-22-41(23-21-40)24-25-42-26-28-43(29-27-42)30-31-44-34-35-49-46(37-44)45-12-8-6-9-13-45;1-10(2,3)8(12)7-9(13)11(4,5)6;/h2*6,8-9,12,14-35,37H,1-5,7,10-11,36H2;8-9,12-13H,7H2,1-6H3;/q2*-1;;/b2*19-18+,25-24+,31-30+;;. The number of pyridine rings is 2. The summed E-state index contributed by atoms with van der Waals surface area (Å²) >= 11 is 0. The van der Waals surface area contributed by atoms with E-state index in [4.69, 9.17) is 0 Å². The molecular weight excluding hydrogens is 1630 g/mol. The Bertz CT molecular complexity index is 4650. The molecule has 8 aromatic carbocycles. The molecule has 0 saturated heterocycles. The average Bonchev–Trinajstić information content (AvgIpc) is 0.879. The molecule has 12 rings (SSSR count). The second-order valence-electron chi connectivity index (χ2n) is 32.4. The molecule has 1 radical (unpaired) electrons. The molecule has 2 atom stereocenters. The van der Waals surface area contributed by atoms with E-state index in [1.807, 2.05) is 115 Å². The Hall–Kier alpha value is -11.2. The molecule has 609 valence electrons. The predicted octanol–water partition coefficient (Wildman–Crippen LogP) is 24.7. The molecule has 2 aliphatic rings. The zero-order valence-electron chi connectivity index (χ0n) is 69.4. The van der Waals surface area contributed by atoms with Gasteiger partial charge in [0, 0.05) is 76.3 Å². The van der Waals surface area contributed by atoms with Gasteiger partial charge in [-0.15, -0.1) is 71.8 Å². The van der Waals surface area contributed by atoms with Gasteiger partial charge in [0.05, 0.1) is 12.2 Å². The second-order valence-corrected chi connectivity index (χ2v) is 32.4. The van der Waals surface area contributed by atoms with Gasteiger partial charge >= 0.3 is 0 Å². The summed E-state index contributed by atoms with van der Waals surface area (Å²) in [5, 5.41) is 19.5. The molecule has 0 bridgehead atoms.